The quantitative estimate of drug-likeness (QED) is 0.556. The molecule has 0 unspecified atom stereocenters. The van der Waals surface area contributed by atoms with Crippen molar-refractivity contribution in [1.82, 2.24) is 15.2 Å². The summed E-state index contributed by atoms with van der Waals surface area (Å²) in [6.45, 7) is 6.48. The number of nitrogens with zero attached hydrogens (tertiary/aromatic N) is 4. The molecule has 2 aromatic rings. The Hall–Kier alpha value is -2.81. The molecule has 0 spiro atoms. The van der Waals surface area contributed by atoms with E-state index in [1.165, 1.54) is 12.1 Å². The number of aromatic nitrogens is 1. The van der Waals surface area contributed by atoms with Crippen LogP contribution in [0.4, 0.5) is 19.0 Å². The van der Waals surface area contributed by atoms with Gasteiger partial charge in [0.1, 0.15) is 5.82 Å². The first kappa shape index (κ1) is 22.9. The standard InChI is InChI=1S/C22H28F3N5O/c1-3-26-21(29(2)16-17-6-8-19(9-7-17)22(23,24)25)28-15-18-5-4-10-27-20(18)30-11-13-31-14-12-30/h4-10H,3,11-16H2,1-2H3,(H,26,28). The average Bonchev–Trinajstić information content (AvgIpc) is 2.77. The van der Waals surface area contributed by atoms with Gasteiger partial charge in [0.05, 0.1) is 25.3 Å². The molecule has 1 aliphatic rings. The summed E-state index contributed by atoms with van der Waals surface area (Å²) in [7, 11) is 1.87. The molecule has 31 heavy (non-hydrogen) atoms. The maximum atomic E-state index is 12.8. The number of guanidine groups is 1. The summed E-state index contributed by atoms with van der Waals surface area (Å²) in [5, 5.41) is 3.25. The number of hydrogen-bond donors (Lipinski definition) is 1. The predicted octanol–water partition coefficient (Wildman–Crippen LogP) is 3.53. The number of rotatable bonds is 6. The van der Waals surface area contributed by atoms with Gasteiger partial charge in [0, 0.05) is 45.0 Å². The first-order valence-electron chi connectivity index (χ1n) is 10.3. The van der Waals surface area contributed by atoms with Crippen molar-refractivity contribution in [2.75, 3.05) is 44.8 Å². The zero-order valence-electron chi connectivity index (χ0n) is 17.8. The highest BCUT2D eigenvalue weighted by molar-refractivity contribution is 5.79. The lowest BCUT2D eigenvalue weighted by Crippen LogP contribution is -2.39. The van der Waals surface area contributed by atoms with Crippen molar-refractivity contribution < 1.29 is 17.9 Å². The van der Waals surface area contributed by atoms with Crippen LogP contribution in [0.5, 0.6) is 0 Å². The maximum Gasteiger partial charge on any atom is 0.416 e. The molecule has 1 aliphatic heterocycles. The summed E-state index contributed by atoms with van der Waals surface area (Å²) < 4.78 is 43.8. The molecule has 1 fully saturated rings. The molecule has 0 amide bonds. The monoisotopic (exact) mass is 435 g/mol. The topological polar surface area (TPSA) is 53.0 Å². The minimum Gasteiger partial charge on any atom is -0.378 e. The summed E-state index contributed by atoms with van der Waals surface area (Å²) >= 11 is 0. The smallest absolute Gasteiger partial charge is 0.378 e. The van der Waals surface area contributed by atoms with Crippen LogP contribution >= 0.6 is 0 Å². The molecule has 9 heteroatoms. The average molecular weight is 435 g/mol. The van der Waals surface area contributed by atoms with Crippen LogP contribution in [-0.2, 0) is 24.0 Å². The van der Waals surface area contributed by atoms with Gasteiger partial charge in [0.2, 0.25) is 0 Å². The highest BCUT2D eigenvalue weighted by atomic mass is 19.4. The second-order valence-corrected chi connectivity index (χ2v) is 7.31. The zero-order chi connectivity index (χ0) is 22.3. The van der Waals surface area contributed by atoms with Crippen molar-refractivity contribution in [1.29, 1.82) is 0 Å². The molecule has 0 atom stereocenters. The Kier molecular flexibility index (Phi) is 7.73. The maximum absolute atomic E-state index is 12.8. The lowest BCUT2D eigenvalue weighted by atomic mass is 10.1. The van der Waals surface area contributed by atoms with Gasteiger partial charge in [0.15, 0.2) is 5.96 Å². The number of aliphatic imine (C=N–C) groups is 1. The molecule has 0 saturated carbocycles. The molecule has 1 saturated heterocycles. The number of pyridine rings is 1. The number of anilines is 1. The van der Waals surface area contributed by atoms with E-state index in [0.29, 0.717) is 38.8 Å². The highest BCUT2D eigenvalue weighted by Gasteiger charge is 2.30. The SMILES string of the molecule is CCNC(=NCc1cccnc1N1CCOCC1)N(C)Cc1ccc(C(F)(F)F)cc1. The fourth-order valence-electron chi connectivity index (χ4n) is 3.39. The Labute approximate surface area is 180 Å². The molecule has 168 valence electrons. The number of benzene rings is 1. The number of halogens is 3. The van der Waals surface area contributed by atoms with Crippen LogP contribution in [0.1, 0.15) is 23.6 Å². The van der Waals surface area contributed by atoms with Crippen LogP contribution in [0, 0.1) is 0 Å². The molecule has 3 rings (SSSR count). The molecule has 0 aliphatic carbocycles. The molecule has 2 heterocycles. The number of nitrogens with one attached hydrogen (secondary N) is 1. The lowest BCUT2D eigenvalue weighted by Gasteiger charge is -2.29. The summed E-state index contributed by atoms with van der Waals surface area (Å²) in [5.74, 6) is 1.59. The molecule has 0 radical (unpaired) electrons. The normalized spacial score (nSPS) is 15.1. The fraction of sp³-hybridized carbons (Fsp3) is 0.455. The predicted molar refractivity (Wildman–Crippen MR) is 115 cm³/mol. The van der Waals surface area contributed by atoms with Gasteiger partial charge in [-0.15, -0.1) is 0 Å². The molecule has 0 bridgehead atoms. The van der Waals surface area contributed by atoms with Gasteiger partial charge >= 0.3 is 6.18 Å². The van der Waals surface area contributed by atoms with Crippen LogP contribution in [0.15, 0.2) is 47.6 Å². The highest BCUT2D eigenvalue weighted by Crippen LogP contribution is 2.29. The van der Waals surface area contributed by atoms with Gasteiger partial charge in [-0.3, -0.25) is 0 Å². The van der Waals surface area contributed by atoms with Crippen LogP contribution < -0.4 is 10.2 Å². The number of ether oxygens (including phenoxy) is 1. The summed E-state index contributed by atoms with van der Waals surface area (Å²) in [6, 6.07) is 9.13. The first-order chi connectivity index (χ1) is 14.9. The molecule has 1 N–H and O–H groups in total. The Balaban J connectivity index is 1.71. The van der Waals surface area contributed by atoms with E-state index in [4.69, 9.17) is 9.73 Å². The summed E-state index contributed by atoms with van der Waals surface area (Å²) in [5.41, 5.74) is 1.14. The minimum atomic E-state index is -4.33. The molecule has 1 aromatic heterocycles. The van der Waals surface area contributed by atoms with E-state index in [1.54, 1.807) is 6.20 Å². The van der Waals surface area contributed by atoms with Crippen LogP contribution in [0.25, 0.3) is 0 Å². The number of hydrogen-bond acceptors (Lipinski definition) is 4. The zero-order valence-corrected chi connectivity index (χ0v) is 17.8. The van der Waals surface area contributed by atoms with Crippen molar-refractivity contribution in [3.8, 4) is 0 Å². The van der Waals surface area contributed by atoms with Crippen molar-refractivity contribution >= 4 is 11.8 Å². The van der Waals surface area contributed by atoms with Gasteiger partial charge in [0.25, 0.3) is 0 Å². The third kappa shape index (κ3) is 6.33. The molecular formula is C22H28F3N5O. The van der Waals surface area contributed by atoms with E-state index in [9.17, 15) is 13.2 Å². The lowest BCUT2D eigenvalue weighted by molar-refractivity contribution is -0.137. The Morgan fingerprint density at radius 2 is 1.90 bits per heavy atom. The van der Waals surface area contributed by atoms with Crippen molar-refractivity contribution in [3.05, 3.63) is 59.3 Å². The minimum absolute atomic E-state index is 0.438. The van der Waals surface area contributed by atoms with Gasteiger partial charge in [-0.2, -0.15) is 13.2 Å². The van der Waals surface area contributed by atoms with Crippen molar-refractivity contribution in [2.45, 2.75) is 26.2 Å². The van der Waals surface area contributed by atoms with Gasteiger partial charge in [-0.25, -0.2) is 9.98 Å². The Morgan fingerprint density at radius 1 is 1.19 bits per heavy atom. The second-order valence-electron chi connectivity index (χ2n) is 7.31. The van der Waals surface area contributed by atoms with Crippen LogP contribution in [0.2, 0.25) is 0 Å². The van der Waals surface area contributed by atoms with E-state index < -0.39 is 11.7 Å². The van der Waals surface area contributed by atoms with Crippen molar-refractivity contribution in [2.24, 2.45) is 4.99 Å². The largest absolute Gasteiger partial charge is 0.416 e. The van der Waals surface area contributed by atoms with Gasteiger partial charge in [-0.1, -0.05) is 18.2 Å². The molecular weight excluding hydrogens is 407 g/mol. The van der Waals surface area contributed by atoms with E-state index in [2.05, 4.69) is 15.2 Å². The van der Waals surface area contributed by atoms with Crippen LogP contribution in [0.3, 0.4) is 0 Å². The van der Waals surface area contributed by atoms with E-state index >= 15 is 0 Å². The summed E-state index contributed by atoms with van der Waals surface area (Å²) in [6.07, 6.45) is -2.55. The third-order valence-corrected chi connectivity index (χ3v) is 4.97. The third-order valence-electron chi connectivity index (χ3n) is 4.97. The Morgan fingerprint density at radius 3 is 2.55 bits per heavy atom. The fourth-order valence-corrected chi connectivity index (χ4v) is 3.39. The number of alkyl halides is 3. The van der Waals surface area contributed by atoms with Gasteiger partial charge in [-0.05, 0) is 30.7 Å². The Bertz CT molecular complexity index is 864. The van der Waals surface area contributed by atoms with Gasteiger partial charge < -0.3 is 19.9 Å². The van der Waals surface area contributed by atoms with E-state index in [0.717, 1.165) is 42.2 Å². The second kappa shape index (κ2) is 10.5. The summed E-state index contributed by atoms with van der Waals surface area (Å²) in [4.78, 5) is 13.4. The van der Waals surface area contributed by atoms with Crippen molar-refractivity contribution in [3.63, 3.8) is 0 Å². The van der Waals surface area contributed by atoms with E-state index in [-0.39, 0.29) is 0 Å². The molecule has 6 nitrogen and oxygen atoms in total. The number of morpholine rings is 1. The molecule has 1 aromatic carbocycles. The van der Waals surface area contributed by atoms with E-state index in [1.807, 2.05) is 31.0 Å². The van der Waals surface area contributed by atoms with Crippen LogP contribution in [-0.4, -0.2) is 55.7 Å². The first-order valence-corrected chi connectivity index (χ1v) is 10.3.